The standard InChI is InChI=1S/C15H19BrN2O2.2ClH/c16-13-3-1-12(2-4-13)15-6-5-14(20-15)11-18-8-7-17-9-10-19;;/h1-6,17-19H,7-11H2;2*1H. The topological polar surface area (TPSA) is 57.4 Å². The second-order valence-corrected chi connectivity index (χ2v) is 5.34. The van der Waals surface area contributed by atoms with Gasteiger partial charge in [0.05, 0.1) is 13.2 Å². The molecule has 0 aliphatic heterocycles. The molecule has 0 unspecified atom stereocenters. The van der Waals surface area contributed by atoms with Crippen LogP contribution in [0.15, 0.2) is 45.3 Å². The van der Waals surface area contributed by atoms with Crippen molar-refractivity contribution in [2.24, 2.45) is 0 Å². The van der Waals surface area contributed by atoms with Gasteiger partial charge in [0.15, 0.2) is 0 Å². The van der Waals surface area contributed by atoms with Crippen molar-refractivity contribution in [3.8, 4) is 11.3 Å². The lowest BCUT2D eigenvalue weighted by molar-refractivity contribution is 0.292. The van der Waals surface area contributed by atoms with Crippen LogP contribution in [0, 0.1) is 0 Å². The summed E-state index contributed by atoms with van der Waals surface area (Å²) >= 11 is 3.42. The van der Waals surface area contributed by atoms with Crippen molar-refractivity contribution < 1.29 is 9.52 Å². The third-order valence-corrected chi connectivity index (χ3v) is 3.39. The van der Waals surface area contributed by atoms with Crippen LogP contribution in [0.5, 0.6) is 0 Å². The van der Waals surface area contributed by atoms with Gasteiger partial charge in [0, 0.05) is 29.7 Å². The number of aliphatic hydroxyl groups is 1. The third-order valence-electron chi connectivity index (χ3n) is 2.86. The summed E-state index contributed by atoms with van der Waals surface area (Å²) in [5, 5.41) is 15.0. The van der Waals surface area contributed by atoms with Crippen LogP contribution in [0.4, 0.5) is 0 Å². The minimum atomic E-state index is 0. The number of hydrogen-bond acceptors (Lipinski definition) is 4. The number of furan rings is 1. The van der Waals surface area contributed by atoms with Gasteiger partial charge in [-0.1, -0.05) is 28.1 Å². The summed E-state index contributed by atoms with van der Waals surface area (Å²) < 4.78 is 6.86. The van der Waals surface area contributed by atoms with Gasteiger partial charge in [-0.25, -0.2) is 0 Å². The summed E-state index contributed by atoms with van der Waals surface area (Å²) in [5.74, 6) is 1.80. The van der Waals surface area contributed by atoms with Gasteiger partial charge in [0.25, 0.3) is 0 Å². The molecule has 2 rings (SSSR count). The van der Waals surface area contributed by atoms with E-state index in [-0.39, 0.29) is 31.4 Å². The molecule has 0 radical (unpaired) electrons. The van der Waals surface area contributed by atoms with Gasteiger partial charge in [-0.15, -0.1) is 24.8 Å². The molecule has 1 aromatic carbocycles. The van der Waals surface area contributed by atoms with Crippen molar-refractivity contribution >= 4 is 40.7 Å². The summed E-state index contributed by atoms with van der Waals surface area (Å²) in [6, 6.07) is 12.0. The average Bonchev–Trinajstić information content (AvgIpc) is 2.92. The molecular weight excluding hydrogens is 391 g/mol. The molecule has 0 spiro atoms. The van der Waals surface area contributed by atoms with E-state index in [0.29, 0.717) is 13.1 Å². The van der Waals surface area contributed by atoms with Crippen LogP contribution in [0.2, 0.25) is 0 Å². The minimum Gasteiger partial charge on any atom is -0.460 e. The third kappa shape index (κ3) is 7.13. The molecule has 124 valence electrons. The maximum absolute atomic E-state index is 8.63. The van der Waals surface area contributed by atoms with Crippen molar-refractivity contribution in [2.45, 2.75) is 6.54 Å². The fourth-order valence-corrected chi connectivity index (χ4v) is 2.10. The van der Waals surface area contributed by atoms with E-state index in [1.54, 1.807) is 0 Å². The highest BCUT2D eigenvalue weighted by atomic mass is 79.9. The fraction of sp³-hybridized carbons (Fsp3) is 0.333. The quantitative estimate of drug-likeness (QED) is 0.583. The maximum atomic E-state index is 8.63. The van der Waals surface area contributed by atoms with Gasteiger partial charge in [0.2, 0.25) is 0 Å². The van der Waals surface area contributed by atoms with E-state index >= 15 is 0 Å². The lowest BCUT2D eigenvalue weighted by atomic mass is 10.2. The van der Waals surface area contributed by atoms with Crippen LogP contribution < -0.4 is 10.6 Å². The lowest BCUT2D eigenvalue weighted by Gasteiger charge is -2.04. The first-order chi connectivity index (χ1) is 9.79. The van der Waals surface area contributed by atoms with E-state index in [2.05, 4.69) is 26.6 Å². The van der Waals surface area contributed by atoms with Crippen molar-refractivity contribution in [3.05, 3.63) is 46.6 Å². The second-order valence-electron chi connectivity index (χ2n) is 4.42. The zero-order valence-corrected chi connectivity index (χ0v) is 15.3. The van der Waals surface area contributed by atoms with Crippen molar-refractivity contribution in [1.82, 2.24) is 10.6 Å². The molecule has 2 aromatic rings. The van der Waals surface area contributed by atoms with Gasteiger partial charge in [0.1, 0.15) is 11.5 Å². The second kappa shape index (κ2) is 11.9. The maximum Gasteiger partial charge on any atom is 0.134 e. The molecule has 0 aliphatic rings. The Kier molecular flexibility index (Phi) is 11.6. The Morgan fingerprint density at radius 1 is 0.909 bits per heavy atom. The molecule has 22 heavy (non-hydrogen) atoms. The van der Waals surface area contributed by atoms with E-state index < -0.39 is 0 Å². The molecule has 3 N–H and O–H groups in total. The average molecular weight is 412 g/mol. The summed E-state index contributed by atoms with van der Waals surface area (Å²) in [5.41, 5.74) is 1.07. The van der Waals surface area contributed by atoms with Gasteiger partial charge >= 0.3 is 0 Å². The molecule has 1 aromatic heterocycles. The van der Waals surface area contributed by atoms with Crippen molar-refractivity contribution in [2.75, 3.05) is 26.2 Å². The normalized spacial score (nSPS) is 9.91. The molecule has 0 bridgehead atoms. The lowest BCUT2D eigenvalue weighted by Crippen LogP contribution is -2.28. The van der Waals surface area contributed by atoms with E-state index in [9.17, 15) is 0 Å². The van der Waals surface area contributed by atoms with Crippen LogP contribution >= 0.6 is 40.7 Å². The molecule has 0 fully saturated rings. The molecule has 1 heterocycles. The Morgan fingerprint density at radius 3 is 2.27 bits per heavy atom. The predicted octanol–water partition coefficient (Wildman–Crippen LogP) is 3.22. The number of rotatable bonds is 8. The number of nitrogens with one attached hydrogen (secondary N) is 2. The first-order valence-corrected chi connectivity index (χ1v) is 7.46. The Balaban J connectivity index is 0.00000220. The Hall–Kier alpha value is -0.560. The van der Waals surface area contributed by atoms with Crippen LogP contribution in [0.1, 0.15) is 5.76 Å². The van der Waals surface area contributed by atoms with Crippen LogP contribution in [0.3, 0.4) is 0 Å². The highest BCUT2D eigenvalue weighted by Gasteiger charge is 2.04. The number of benzene rings is 1. The molecule has 4 nitrogen and oxygen atoms in total. The molecule has 0 saturated carbocycles. The first-order valence-electron chi connectivity index (χ1n) is 6.66. The minimum absolute atomic E-state index is 0. The Labute approximate surface area is 151 Å². The molecule has 7 heteroatoms. The zero-order chi connectivity index (χ0) is 14.2. The van der Waals surface area contributed by atoms with Crippen LogP contribution in [-0.2, 0) is 6.54 Å². The fourth-order valence-electron chi connectivity index (χ4n) is 1.83. The SMILES string of the molecule is Cl.Cl.OCCNCCNCc1ccc(-c2ccc(Br)cc2)o1. The molecule has 0 saturated heterocycles. The van der Waals surface area contributed by atoms with Crippen molar-refractivity contribution in [3.63, 3.8) is 0 Å². The van der Waals surface area contributed by atoms with E-state index in [1.165, 1.54) is 0 Å². The number of aliphatic hydroxyl groups excluding tert-OH is 1. The Morgan fingerprint density at radius 2 is 1.59 bits per heavy atom. The number of hydrogen-bond donors (Lipinski definition) is 3. The molecule has 0 atom stereocenters. The smallest absolute Gasteiger partial charge is 0.134 e. The van der Waals surface area contributed by atoms with Gasteiger partial charge in [-0.2, -0.15) is 0 Å². The summed E-state index contributed by atoms with van der Waals surface area (Å²) in [4.78, 5) is 0. The molecular formula is C15H21BrCl2N2O2. The van der Waals surface area contributed by atoms with Crippen LogP contribution in [0.25, 0.3) is 11.3 Å². The summed E-state index contributed by atoms with van der Waals surface area (Å²) in [6.07, 6.45) is 0. The molecule has 0 amide bonds. The largest absolute Gasteiger partial charge is 0.460 e. The van der Waals surface area contributed by atoms with Crippen molar-refractivity contribution in [1.29, 1.82) is 0 Å². The summed E-state index contributed by atoms with van der Waals surface area (Å²) in [6.45, 7) is 3.19. The first kappa shape index (κ1) is 21.4. The van der Waals surface area contributed by atoms with Gasteiger partial charge < -0.3 is 20.2 Å². The highest BCUT2D eigenvalue weighted by Crippen LogP contribution is 2.23. The predicted molar refractivity (Wildman–Crippen MR) is 98.0 cm³/mol. The zero-order valence-electron chi connectivity index (χ0n) is 12.0. The Bertz CT molecular complexity index is 521. The highest BCUT2D eigenvalue weighted by molar-refractivity contribution is 9.10. The van der Waals surface area contributed by atoms with E-state index in [0.717, 1.165) is 34.6 Å². The van der Waals surface area contributed by atoms with E-state index in [1.807, 2.05) is 36.4 Å². The number of halogens is 3. The molecule has 0 aliphatic carbocycles. The summed E-state index contributed by atoms with van der Waals surface area (Å²) in [7, 11) is 0. The van der Waals surface area contributed by atoms with Gasteiger partial charge in [-0.05, 0) is 24.3 Å². The van der Waals surface area contributed by atoms with E-state index in [4.69, 9.17) is 9.52 Å². The van der Waals surface area contributed by atoms with Crippen LogP contribution in [-0.4, -0.2) is 31.3 Å². The monoisotopic (exact) mass is 410 g/mol. The van der Waals surface area contributed by atoms with Gasteiger partial charge in [-0.3, -0.25) is 0 Å².